The van der Waals surface area contributed by atoms with Gasteiger partial charge in [-0.15, -0.1) is 0 Å². The van der Waals surface area contributed by atoms with Crippen LogP contribution in [0.15, 0.2) is 24.3 Å². The summed E-state index contributed by atoms with van der Waals surface area (Å²) in [6.45, 7) is 3.27. The van der Waals surface area contributed by atoms with Gasteiger partial charge in [0.15, 0.2) is 0 Å². The third-order valence-electron chi connectivity index (χ3n) is 5.56. The highest BCUT2D eigenvalue weighted by Gasteiger charge is 2.35. The highest BCUT2D eigenvalue weighted by molar-refractivity contribution is 5.89. The van der Waals surface area contributed by atoms with Crippen LogP contribution in [0, 0.1) is 11.8 Å². The Bertz CT molecular complexity index is 614. The Morgan fingerprint density at radius 2 is 1.96 bits per heavy atom. The summed E-state index contributed by atoms with van der Waals surface area (Å²) in [6, 6.07) is 7.98. The van der Waals surface area contributed by atoms with Gasteiger partial charge in [0.25, 0.3) is 0 Å². The first kappa shape index (κ1) is 17.8. The summed E-state index contributed by atoms with van der Waals surface area (Å²) < 4.78 is 5.16. The second-order valence-corrected chi connectivity index (χ2v) is 7.40. The van der Waals surface area contributed by atoms with E-state index in [1.165, 1.54) is 19.3 Å². The third kappa shape index (κ3) is 4.33. The maximum Gasteiger partial charge on any atom is 0.225 e. The second-order valence-electron chi connectivity index (χ2n) is 7.40. The van der Waals surface area contributed by atoms with E-state index in [-0.39, 0.29) is 23.8 Å². The first-order valence-corrected chi connectivity index (χ1v) is 9.28. The van der Waals surface area contributed by atoms with Crippen LogP contribution in [0.4, 0.5) is 0 Å². The highest BCUT2D eigenvalue weighted by Crippen LogP contribution is 2.26. The van der Waals surface area contributed by atoms with Crippen molar-refractivity contribution in [3.8, 4) is 5.75 Å². The van der Waals surface area contributed by atoms with Gasteiger partial charge < -0.3 is 15.0 Å². The van der Waals surface area contributed by atoms with E-state index in [0.29, 0.717) is 25.4 Å². The maximum absolute atomic E-state index is 12.6. The van der Waals surface area contributed by atoms with Crippen LogP contribution >= 0.6 is 0 Å². The Labute approximate surface area is 149 Å². The SMILES string of the molecule is COc1ccc(CN2CC(C(=O)NC3CCCCC3C)CC2=O)cc1. The number of carbonyl (C=O) groups is 2. The monoisotopic (exact) mass is 344 g/mol. The number of amides is 2. The zero-order valence-electron chi connectivity index (χ0n) is 15.2. The minimum atomic E-state index is -0.222. The van der Waals surface area contributed by atoms with Gasteiger partial charge in [-0.25, -0.2) is 0 Å². The molecule has 1 aliphatic carbocycles. The van der Waals surface area contributed by atoms with Crippen molar-refractivity contribution < 1.29 is 14.3 Å². The van der Waals surface area contributed by atoms with E-state index >= 15 is 0 Å². The standard InChI is InChI=1S/C20H28N2O3/c1-14-5-3-4-6-18(14)21-20(24)16-11-19(23)22(13-16)12-15-7-9-17(25-2)10-8-15/h7-10,14,16,18H,3-6,11-13H2,1-2H3,(H,21,24). The lowest BCUT2D eigenvalue weighted by Gasteiger charge is -2.30. The van der Waals surface area contributed by atoms with Crippen molar-refractivity contribution in [2.75, 3.05) is 13.7 Å². The quantitative estimate of drug-likeness (QED) is 0.893. The maximum atomic E-state index is 12.6. The summed E-state index contributed by atoms with van der Waals surface area (Å²) in [6.07, 6.45) is 5.00. The van der Waals surface area contributed by atoms with Crippen molar-refractivity contribution in [2.24, 2.45) is 11.8 Å². The Hall–Kier alpha value is -2.04. The van der Waals surface area contributed by atoms with Gasteiger partial charge in [0, 0.05) is 25.6 Å². The minimum Gasteiger partial charge on any atom is -0.497 e. The summed E-state index contributed by atoms with van der Waals surface area (Å²) in [5, 5.41) is 3.20. The molecule has 0 aromatic heterocycles. The van der Waals surface area contributed by atoms with Crippen LogP contribution in [0.1, 0.15) is 44.6 Å². The van der Waals surface area contributed by atoms with Crippen LogP contribution in [0.3, 0.4) is 0 Å². The Balaban J connectivity index is 1.54. The van der Waals surface area contributed by atoms with Crippen LogP contribution in [0.5, 0.6) is 5.75 Å². The fraction of sp³-hybridized carbons (Fsp3) is 0.600. The molecule has 1 heterocycles. The van der Waals surface area contributed by atoms with E-state index in [0.717, 1.165) is 17.7 Å². The number of rotatable bonds is 5. The number of hydrogen-bond acceptors (Lipinski definition) is 3. The fourth-order valence-electron chi connectivity index (χ4n) is 3.88. The van der Waals surface area contributed by atoms with Crippen molar-refractivity contribution in [1.82, 2.24) is 10.2 Å². The van der Waals surface area contributed by atoms with E-state index < -0.39 is 0 Å². The molecule has 1 aromatic carbocycles. The van der Waals surface area contributed by atoms with E-state index in [1.54, 1.807) is 12.0 Å². The van der Waals surface area contributed by atoms with Crippen molar-refractivity contribution in [2.45, 2.75) is 51.6 Å². The lowest BCUT2D eigenvalue weighted by molar-refractivity contribution is -0.129. The lowest BCUT2D eigenvalue weighted by atomic mass is 9.85. The lowest BCUT2D eigenvalue weighted by Crippen LogP contribution is -2.44. The third-order valence-corrected chi connectivity index (χ3v) is 5.56. The summed E-state index contributed by atoms with van der Waals surface area (Å²) in [4.78, 5) is 26.7. The molecule has 0 spiro atoms. The van der Waals surface area contributed by atoms with Gasteiger partial charge >= 0.3 is 0 Å². The zero-order chi connectivity index (χ0) is 17.8. The van der Waals surface area contributed by atoms with Crippen LogP contribution < -0.4 is 10.1 Å². The van der Waals surface area contributed by atoms with Crippen LogP contribution in [-0.2, 0) is 16.1 Å². The van der Waals surface area contributed by atoms with E-state index in [4.69, 9.17) is 4.74 Å². The van der Waals surface area contributed by atoms with E-state index in [1.807, 2.05) is 24.3 Å². The molecular formula is C20H28N2O3. The summed E-state index contributed by atoms with van der Waals surface area (Å²) >= 11 is 0. The molecule has 1 N–H and O–H groups in total. The molecule has 5 heteroatoms. The normalized spacial score (nSPS) is 26.6. The Morgan fingerprint density at radius 1 is 1.24 bits per heavy atom. The smallest absolute Gasteiger partial charge is 0.225 e. The summed E-state index contributed by atoms with van der Waals surface area (Å²) in [5.74, 6) is 1.22. The number of hydrogen-bond donors (Lipinski definition) is 1. The van der Waals surface area contributed by atoms with Crippen LogP contribution in [0.25, 0.3) is 0 Å². The van der Waals surface area contributed by atoms with Gasteiger partial charge in [-0.2, -0.15) is 0 Å². The molecule has 1 aromatic rings. The van der Waals surface area contributed by atoms with Gasteiger partial charge in [-0.3, -0.25) is 9.59 Å². The second kappa shape index (κ2) is 7.89. The van der Waals surface area contributed by atoms with Gasteiger partial charge in [-0.05, 0) is 36.5 Å². The zero-order valence-corrected chi connectivity index (χ0v) is 15.2. The molecule has 0 radical (unpaired) electrons. The van der Waals surface area contributed by atoms with Crippen molar-refractivity contribution in [1.29, 1.82) is 0 Å². The van der Waals surface area contributed by atoms with Gasteiger partial charge in [0.1, 0.15) is 5.75 Å². The number of nitrogens with one attached hydrogen (secondary N) is 1. The molecule has 3 rings (SSSR count). The minimum absolute atomic E-state index is 0.0457. The molecule has 1 aliphatic heterocycles. The molecule has 2 aliphatic rings. The Morgan fingerprint density at radius 3 is 2.64 bits per heavy atom. The average molecular weight is 344 g/mol. The molecule has 136 valence electrons. The number of ether oxygens (including phenoxy) is 1. The van der Waals surface area contributed by atoms with E-state index in [9.17, 15) is 9.59 Å². The molecule has 0 bridgehead atoms. The molecular weight excluding hydrogens is 316 g/mol. The van der Waals surface area contributed by atoms with Gasteiger partial charge in [0.2, 0.25) is 11.8 Å². The summed E-state index contributed by atoms with van der Waals surface area (Å²) in [5.41, 5.74) is 1.05. The highest BCUT2D eigenvalue weighted by atomic mass is 16.5. The van der Waals surface area contributed by atoms with Gasteiger partial charge in [0.05, 0.1) is 13.0 Å². The first-order valence-electron chi connectivity index (χ1n) is 9.28. The molecule has 2 fully saturated rings. The number of carbonyl (C=O) groups excluding carboxylic acids is 2. The van der Waals surface area contributed by atoms with Crippen LogP contribution in [0.2, 0.25) is 0 Å². The van der Waals surface area contributed by atoms with Gasteiger partial charge in [-0.1, -0.05) is 31.9 Å². The van der Waals surface area contributed by atoms with E-state index in [2.05, 4.69) is 12.2 Å². The van der Waals surface area contributed by atoms with Crippen molar-refractivity contribution in [3.05, 3.63) is 29.8 Å². The first-order chi connectivity index (χ1) is 12.1. The Kier molecular flexibility index (Phi) is 5.61. The fourth-order valence-corrected chi connectivity index (χ4v) is 3.88. The number of likely N-dealkylation sites (tertiary alicyclic amines) is 1. The topological polar surface area (TPSA) is 58.6 Å². The molecule has 1 saturated heterocycles. The molecule has 3 atom stereocenters. The predicted molar refractivity (Wildman–Crippen MR) is 96.1 cm³/mol. The molecule has 2 amide bonds. The molecule has 3 unspecified atom stereocenters. The number of nitrogens with zero attached hydrogens (tertiary/aromatic N) is 1. The molecule has 1 saturated carbocycles. The number of benzene rings is 1. The number of methoxy groups -OCH3 is 1. The summed E-state index contributed by atoms with van der Waals surface area (Å²) in [7, 11) is 1.63. The molecule has 25 heavy (non-hydrogen) atoms. The average Bonchev–Trinajstić information content (AvgIpc) is 2.98. The van der Waals surface area contributed by atoms with Crippen molar-refractivity contribution in [3.63, 3.8) is 0 Å². The van der Waals surface area contributed by atoms with Crippen LogP contribution in [-0.4, -0.2) is 36.4 Å². The molecule has 5 nitrogen and oxygen atoms in total. The van der Waals surface area contributed by atoms with Crippen molar-refractivity contribution >= 4 is 11.8 Å². The largest absolute Gasteiger partial charge is 0.497 e. The predicted octanol–water partition coefficient (Wildman–Crippen LogP) is 2.74.